The molecule has 3 aromatic rings. The second kappa shape index (κ2) is 9.93. The summed E-state index contributed by atoms with van der Waals surface area (Å²) in [4.78, 5) is 28.6. The number of carbonyl (C=O) groups is 2. The fourth-order valence-electron chi connectivity index (χ4n) is 2.97. The van der Waals surface area contributed by atoms with Crippen molar-refractivity contribution in [1.29, 1.82) is 0 Å². The van der Waals surface area contributed by atoms with E-state index in [0.717, 1.165) is 10.4 Å². The van der Waals surface area contributed by atoms with Crippen molar-refractivity contribution in [2.24, 2.45) is 0 Å². The molecule has 0 unspecified atom stereocenters. The Kier molecular flexibility index (Phi) is 7.08. The van der Waals surface area contributed by atoms with Crippen LogP contribution in [0.1, 0.15) is 16.6 Å². The summed E-state index contributed by atoms with van der Waals surface area (Å²) < 4.78 is 10.6. The van der Waals surface area contributed by atoms with Crippen molar-refractivity contribution >= 4 is 28.8 Å². The predicted octanol–water partition coefficient (Wildman–Crippen LogP) is 4.53. The molecular formula is C23H24N2O4S. The van der Waals surface area contributed by atoms with Crippen LogP contribution in [0.5, 0.6) is 11.5 Å². The standard InChI is InChI=1S/C23H24N2O4S/c1-4-25(15-21(26)24-17-11-8-12-18(13-17)28-2)23(27)22-19(29-3)14-20(30-22)16-9-6-5-7-10-16/h5-14H,4,15H2,1-3H3,(H,24,26). The van der Waals surface area contributed by atoms with Crippen LogP contribution in [-0.4, -0.2) is 44.0 Å². The number of hydrogen-bond acceptors (Lipinski definition) is 5. The second-order valence-corrected chi connectivity index (χ2v) is 7.53. The van der Waals surface area contributed by atoms with Crippen LogP contribution in [0.3, 0.4) is 0 Å². The van der Waals surface area contributed by atoms with E-state index < -0.39 is 0 Å². The highest BCUT2D eigenvalue weighted by Crippen LogP contribution is 2.36. The number of carbonyl (C=O) groups excluding carboxylic acids is 2. The molecule has 0 spiro atoms. The number of hydrogen-bond donors (Lipinski definition) is 1. The summed E-state index contributed by atoms with van der Waals surface area (Å²) in [5, 5.41) is 2.81. The van der Waals surface area contributed by atoms with Crippen molar-refractivity contribution in [2.75, 3.05) is 32.6 Å². The zero-order valence-electron chi connectivity index (χ0n) is 17.2. The molecule has 0 aliphatic heterocycles. The molecule has 1 N–H and O–H groups in total. The molecule has 0 atom stereocenters. The first-order valence-corrected chi connectivity index (χ1v) is 10.3. The third-order valence-corrected chi connectivity index (χ3v) is 5.68. The minimum absolute atomic E-state index is 0.0612. The topological polar surface area (TPSA) is 67.9 Å². The Balaban J connectivity index is 1.75. The SMILES string of the molecule is CCN(CC(=O)Nc1cccc(OC)c1)C(=O)c1sc(-c2ccccc2)cc1OC. The van der Waals surface area contributed by atoms with Crippen molar-refractivity contribution in [1.82, 2.24) is 4.90 Å². The van der Waals surface area contributed by atoms with Crippen LogP contribution in [0, 0.1) is 0 Å². The third kappa shape index (κ3) is 4.99. The van der Waals surface area contributed by atoms with E-state index in [4.69, 9.17) is 9.47 Å². The minimum Gasteiger partial charge on any atom is -0.497 e. The molecule has 0 aliphatic rings. The number of methoxy groups -OCH3 is 2. The van der Waals surface area contributed by atoms with Crippen LogP contribution >= 0.6 is 11.3 Å². The van der Waals surface area contributed by atoms with Gasteiger partial charge in [-0.1, -0.05) is 36.4 Å². The minimum atomic E-state index is -0.280. The lowest BCUT2D eigenvalue weighted by Gasteiger charge is -2.20. The van der Waals surface area contributed by atoms with Gasteiger partial charge in [-0.2, -0.15) is 0 Å². The van der Waals surface area contributed by atoms with Gasteiger partial charge in [0.1, 0.15) is 22.9 Å². The van der Waals surface area contributed by atoms with Crippen LogP contribution in [0.4, 0.5) is 5.69 Å². The maximum Gasteiger partial charge on any atom is 0.268 e. The largest absolute Gasteiger partial charge is 0.497 e. The monoisotopic (exact) mass is 424 g/mol. The smallest absolute Gasteiger partial charge is 0.268 e. The summed E-state index contributed by atoms with van der Waals surface area (Å²) in [6, 6.07) is 18.8. The molecule has 0 fully saturated rings. The first-order valence-electron chi connectivity index (χ1n) is 9.52. The highest BCUT2D eigenvalue weighted by atomic mass is 32.1. The van der Waals surface area contributed by atoms with Gasteiger partial charge in [-0.25, -0.2) is 0 Å². The van der Waals surface area contributed by atoms with Crippen molar-refractivity contribution < 1.29 is 19.1 Å². The number of anilines is 1. The molecule has 1 aromatic heterocycles. The Morgan fingerprint density at radius 3 is 2.43 bits per heavy atom. The number of nitrogens with zero attached hydrogens (tertiary/aromatic N) is 1. The molecule has 7 heteroatoms. The van der Waals surface area contributed by atoms with Crippen molar-refractivity contribution in [2.45, 2.75) is 6.92 Å². The molecule has 3 rings (SSSR count). The molecule has 0 saturated heterocycles. The van der Waals surface area contributed by atoms with Crippen LogP contribution in [0.2, 0.25) is 0 Å². The summed E-state index contributed by atoms with van der Waals surface area (Å²) >= 11 is 1.36. The van der Waals surface area contributed by atoms with Gasteiger partial charge in [0, 0.05) is 23.2 Å². The first kappa shape index (κ1) is 21.4. The van der Waals surface area contributed by atoms with Gasteiger partial charge in [0.05, 0.1) is 14.2 Å². The predicted molar refractivity (Wildman–Crippen MR) is 120 cm³/mol. The lowest BCUT2D eigenvalue weighted by molar-refractivity contribution is -0.116. The second-order valence-electron chi connectivity index (χ2n) is 6.47. The van der Waals surface area contributed by atoms with Crippen LogP contribution in [0.15, 0.2) is 60.7 Å². The van der Waals surface area contributed by atoms with Crippen molar-refractivity contribution in [3.05, 3.63) is 65.5 Å². The summed E-state index contributed by atoms with van der Waals surface area (Å²) in [5.41, 5.74) is 1.63. The average molecular weight is 425 g/mol. The molecule has 0 bridgehead atoms. The van der Waals surface area contributed by atoms with Gasteiger partial charge in [0.25, 0.3) is 5.91 Å². The first-order chi connectivity index (χ1) is 14.5. The normalized spacial score (nSPS) is 10.4. The summed E-state index contributed by atoms with van der Waals surface area (Å²) in [5.74, 6) is 0.642. The quantitative estimate of drug-likeness (QED) is 0.577. The van der Waals surface area contributed by atoms with E-state index in [1.54, 1.807) is 38.5 Å². The van der Waals surface area contributed by atoms with Gasteiger partial charge < -0.3 is 19.7 Å². The molecule has 2 aromatic carbocycles. The van der Waals surface area contributed by atoms with Crippen LogP contribution in [0.25, 0.3) is 10.4 Å². The molecule has 0 radical (unpaired) electrons. The van der Waals surface area contributed by atoms with Crippen molar-refractivity contribution in [3.63, 3.8) is 0 Å². The van der Waals surface area contributed by atoms with E-state index in [9.17, 15) is 9.59 Å². The van der Waals surface area contributed by atoms with Gasteiger partial charge in [0.2, 0.25) is 5.91 Å². The third-order valence-electron chi connectivity index (χ3n) is 4.53. The summed E-state index contributed by atoms with van der Waals surface area (Å²) in [7, 11) is 3.11. The van der Waals surface area contributed by atoms with Gasteiger partial charge in [0.15, 0.2) is 0 Å². The Bertz CT molecular complexity index is 1020. The summed E-state index contributed by atoms with van der Waals surface area (Å²) in [6.45, 7) is 2.18. The van der Waals surface area contributed by atoms with E-state index in [1.165, 1.54) is 16.2 Å². The number of benzene rings is 2. The van der Waals surface area contributed by atoms with Gasteiger partial charge >= 0.3 is 0 Å². The zero-order valence-corrected chi connectivity index (χ0v) is 18.0. The number of amides is 2. The lowest BCUT2D eigenvalue weighted by Crippen LogP contribution is -2.37. The van der Waals surface area contributed by atoms with E-state index >= 15 is 0 Å². The average Bonchev–Trinajstić information content (AvgIpc) is 3.22. The Morgan fingerprint density at radius 2 is 1.77 bits per heavy atom. The molecule has 2 amide bonds. The van der Waals surface area contributed by atoms with Gasteiger partial charge in [-0.3, -0.25) is 9.59 Å². The molecule has 6 nitrogen and oxygen atoms in total. The maximum atomic E-state index is 13.1. The Hall–Kier alpha value is -3.32. The van der Waals surface area contributed by atoms with Crippen LogP contribution in [-0.2, 0) is 4.79 Å². The number of thiophene rings is 1. The van der Waals surface area contributed by atoms with Gasteiger partial charge in [-0.15, -0.1) is 11.3 Å². The fourth-order valence-corrected chi connectivity index (χ4v) is 4.06. The number of nitrogens with one attached hydrogen (secondary N) is 1. The molecule has 0 aliphatic carbocycles. The van der Waals surface area contributed by atoms with E-state index in [-0.39, 0.29) is 18.4 Å². The number of likely N-dealkylation sites (N-methyl/N-ethyl adjacent to an activating group) is 1. The molecular weight excluding hydrogens is 400 g/mol. The molecule has 0 saturated carbocycles. The summed E-state index contributed by atoms with van der Waals surface area (Å²) in [6.07, 6.45) is 0. The van der Waals surface area contributed by atoms with Gasteiger partial charge in [-0.05, 0) is 30.7 Å². The highest BCUT2D eigenvalue weighted by Gasteiger charge is 2.24. The molecule has 30 heavy (non-hydrogen) atoms. The van der Waals surface area contributed by atoms with Crippen molar-refractivity contribution in [3.8, 4) is 21.9 Å². The van der Waals surface area contributed by atoms with E-state index in [1.807, 2.05) is 43.3 Å². The fraction of sp³-hybridized carbons (Fsp3) is 0.217. The molecule has 156 valence electrons. The van der Waals surface area contributed by atoms with E-state index in [0.29, 0.717) is 28.6 Å². The highest BCUT2D eigenvalue weighted by molar-refractivity contribution is 7.17. The Morgan fingerprint density at radius 1 is 1.00 bits per heavy atom. The van der Waals surface area contributed by atoms with E-state index in [2.05, 4.69) is 5.32 Å². The lowest BCUT2D eigenvalue weighted by atomic mass is 10.2. The maximum absolute atomic E-state index is 13.1. The number of ether oxygens (including phenoxy) is 2. The number of rotatable bonds is 8. The van der Waals surface area contributed by atoms with Crippen LogP contribution < -0.4 is 14.8 Å². The zero-order chi connectivity index (χ0) is 21.5. The molecule has 1 heterocycles. The Labute approximate surface area is 180 Å².